The molecule has 7 nitrogen and oxygen atoms in total. The zero-order valence-corrected chi connectivity index (χ0v) is 18.7. The smallest absolute Gasteiger partial charge is 0.202 e. The average Bonchev–Trinajstić information content (AvgIpc) is 3.41. The van der Waals surface area contributed by atoms with E-state index in [1.54, 1.807) is 0 Å². The molecule has 0 aliphatic carbocycles. The van der Waals surface area contributed by atoms with Crippen molar-refractivity contribution in [2.24, 2.45) is 0 Å². The Bertz CT molecular complexity index is 1500. The number of hydrogen-bond acceptors (Lipinski definition) is 6. The molecule has 0 saturated heterocycles. The number of H-pyrrole nitrogens is 1. The van der Waals surface area contributed by atoms with Crippen molar-refractivity contribution in [3.63, 3.8) is 0 Å². The van der Waals surface area contributed by atoms with Gasteiger partial charge in [-0.05, 0) is 61.5 Å². The summed E-state index contributed by atoms with van der Waals surface area (Å²) in [6, 6.07) is 17.7. The Labute approximate surface area is 193 Å². The third-order valence-electron chi connectivity index (χ3n) is 5.27. The SMILES string of the molecule is Cc1nnc(Sc2nnc(-c3c[nH]c4ccccc34)n2-c2ccc(Cl)cc2)c(C#N)c1C. The molecule has 0 spiro atoms. The number of rotatable bonds is 4. The summed E-state index contributed by atoms with van der Waals surface area (Å²) in [6.07, 6.45) is 1.92. The Morgan fingerprint density at radius 3 is 2.56 bits per heavy atom. The van der Waals surface area contributed by atoms with Crippen molar-refractivity contribution in [3.05, 3.63) is 76.6 Å². The number of fused-ring (bicyclic) bond motifs is 1. The summed E-state index contributed by atoms with van der Waals surface area (Å²) >= 11 is 7.39. The lowest BCUT2D eigenvalue weighted by Gasteiger charge is -2.11. The van der Waals surface area contributed by atoms with Crippen LogP contribution in [0.5, 0.6) is 0 Å². The van der Waals surface area contributed by atoms with E-state index < -0.39 is 0 Å². The zero-order chi connectivity index (χ0) is 22.2. The molecular weight excluding hydrogens is 442 g/mol. The molecular formula is C23H16ClN7S. The van der Waals surface area contributed by atoms with Crippen molar-refractivity contribution in [3.8, 4) is 23.1 Å². The summed E-state index contributed by atoms with van der Waals surface area (Å²) in [4.78, 5) is 3.29. The van der Waals surface area contributed by atoms with E-state index in [0.717, 1.165) is 33.4 Å². The fourth-order valence-corrected chi connectivity index (χ4v) is 4.51. The second-order valence-electron chi connectivity index (χ2n) is 7.17. The van der Waals surface area contributed by atoms with Gasteiger partial charge in [0, 0.05) is 33.4 Å². The minimum atomic E-state index is 0.488. The number of nitriles is 1. The minimum absolute atomic E-state index is 0.488. The van der Waals surface area contributed by atoms with Gasteiger partial charge in [0.05, 0.1) is 11.3 Å². The quantitative estimate of drug-likeness (QED) is 0.383. The first-order chi connectivity index (χ1) is 15.6. The molecule has 3 heterocycles. The molecule has 0 unspecified atom stereocenters. The fourth-order valence-electron chi connectivity index (χ4n) is 3.47. The molecule has 156 valence electrons. The topological polar surface area (TPSA) is 96.1 Å². The number of aromatic amines is 1. The maximum atomic E-state index is 9.70. The first-order valence-corrected chi connectivity index (χ1v) is 11.0. The van der Waals surface area contributed by atoms with Crippen LogP contribution in [-0.4, -0.2) is 29.9 Å². The van der Waals surface area contributed by atoms with Crippen molar-refractivity contribution in [2.45, 2.75) is 24.0 Å². The number of nitrogens with one attached hydrogen (secondary N) is 1. The van der Waals surface area contributed by atoms with Crippen LogP contribution in [0.1, 0.15) is 16.8 Å². The summed E-state index contributed by atoms with van der Waals surface area (Å²) in [5.74, 6) is 0.669. The minimum Gasteiger partial charge on any atom is -0.360 e. The van der Waals surface area contributed by atoms with E-state index in [1.165, 1.54) is 11.8 Å². The van der Waals surface area contributed by atoms with Crippen LogP contribution in [0.4, 0.5) is 0 Å². The second kappa shape index (κ2) is 8.11. The molecule has 0 aliphatic heterocycles. The lowest BCUT2D eigenvalue weighted by molar-refractivity contribution is 0.850. The van der Waals surface area contributed by atoms with Crippen LogP contribution < -0.4 is 0 Å². The van der Waals surface area contributed by atoms with Crippen LogP contribution in [0, 0.1) is 25.2 Å². The van der Waals surface area contributed by atoms with E-state index in [4.69, 9.17) is 11.6 Å². The van der Waals surface area contributed by atoms with E-state index in [0.29, 0.717) is 26.6 Å². The van der Waals surface area contributed by atoms with Crippen LogP contribution in [0.3, 0.4) is 0 Å². The highest BCUT2D eigenvalue weighted by molar-refractivity contribution is 7.99. The first kappa shape index (κ1) is 20.2. The number of para-hydroxylation sites is 1. The average molecular weight is 458 g/mol. The maximum Gasteiger partial charge on any atom is 0.202 e. The molecule has 2 aromatic carbocycles. The Morgan fingerprint density at radius 2 is 1.78 bits per heavy atom. The highest BCUT2D eigenvalue weighted by Gasteiger charge is 2.22. The molecule has 0 bridgehead atoms. The number of benzene rings is 2. The summed E-state index contributed by atoms with van der Waals surface area (Å²) in [5, 5.41) is 29.8. The maximum absolute atomic E-state index is 9.70. The summed E-state index contributed by atoms with van der Waals surface area (Å²) in [6.45, 7) is 3.71. The van der Waals surface area contributed by atoms with E-state index in [9.17, 15) is 5.26 Å². The molecule has 9 heteroatoms. The molecule has 5 aromatic rings. The van der Waals surface area contributed by atoms with Crippen LogP contribution in [0.15, 0.2) is 64.9 Å². The first-order valence-electron chi connectivity index (χ1n) is 9.76. The van der Waals surface area contributed by atoms with Crippen LogP contribution in [0.25, 0.3) is 28.0 Å². The Balaban J connectivity index is 1.70. The predicted molar refractivity (Wildman–Crippen MR) is 124 cm³/mol. The molecule has 0 amide bonds. The molecule has 0 radical (unpaired) electrons. The van der Waals surface area contributed by atoms with Gasteiger partial charge in [-0.15, -0.1) is 15.3 Å². The number of halogens is 1. The largest absolute Gasteiger partial charge is 0.360 e. The summed E-state index contributed by atoms with van der Waals surface area (Å²) < 4.78 is 1.94. The van der Waals surface area contributed by atoms with Crippen molar-refractivity contribution in [1.29, 1.82) is 5.26 Å². The van der Waals surface area contributed by atoms with E-state index in [1.807, 2.05) is 73.1 Å². The van der Waals surface area contributed by atoms with Gasteiger partial charge in [0.25, 0.3) is 0 Å². The standard InChI is InChI=1S/C23H16ClN7S/c1-13-14(2)27-29-22(18(13)11-25)32-23-30-28-21(31(23)16-9-7-15(24)8-10-16)19-12-26-20-6-4-3-5-17(19)20/h3-10,12,26H,1-2H3. The molecule has 5 rings (SSSR count). The third kappa shape index (κ3) is 3.42. The number of aryl methyl sites for hydroxylation is 1. The van der Waals surface area contributed by atoms with Crippen LogP contribution in [-0.2, 0) is 0 Å². The summed E-state index contributed by atoms with van der Waals surface area (Å²) in [5.41, 5.74) is 4.79. The molecule has 32 heavy (non-hydrogen) atoms. The van der Waals surface area contributed by atoms with Crippen LogP contribution >= 0.6 is 23.4 Å². The van der Waals surface area contributed by atoms with Gasteiger partial charge in [0.2, 0.25) is 5.16 Å². The molecule has 0 saturated carbocycles. The predicted octanol–water partition coefficient (Wildman–Crippen LogP) is 5.50. The van der Waals surface area contributed by atoms with E-state index in [-0.39, 0.29) is 0 Å². The fraction of sp³-hybridized carbons (Fsp3) is 0.0870. The van der Waals surface area contributed by atoms with Crippen molar-refractivity contribution < 1.29 is 0 Å². The lowest BCUT2D eigenvalue weighted by atomic mass is 10.1. The number of hydrogen-bond donors (Lipinski definition) is 1. The van der Waals surface area contributed by atoms with Gasteiger partial charge in [-0.1, -0.05) is 29.8 Å². The van der Waals surface area contributed by atoms with Gasteiger partial charge in [0.1, 0.15) is 11.1 Å². The number of nitrogens with zero attached hydrogens (tertiary/aromatic N) is 6. The summed E-state index contributed by atoms with van der Waals surface area (Å²) in [7, 11) is 0. The Hall–Kier alpha value is -3.67. The Morgan fingerprint density at radius 1 is 1.00 bits per heavy atom. The van der Waals surface area contributed by atoms with Gasteiger partial charge in [-0.3, -0.25) is 4.57 Å². The van der Waals surface area contributed by atoms with Gasteiger partial charge in [-0.25, -0.2) is 0 Å². The monoisotopic (exact) mass is 457 g/mol. The van der Waals surface area contributed by atoms with Crippen molar-refractivity contribution >= 4 is 34.3 Å². The second-order valence-corrected chi connectivity index (χ2v) is 8.56. The molecule has 3 aromatic heterocycles. The van der Waals surface area contributed by atoms with Gasteiger partial charge in [-0.2, -0.15) is 10.4 Å². The van der Waals surface area contributed by atoms with Gasteiger partial charge < -0.3 is 4.98 Å². The Kier molecular flexibility index (Phi) is 5.13. The highest BCUT2D eigenvalue weighted by atomic mass is 35.5. The third-order valence-corrected chi connectivity index (χ3v) is 6.45. The molecule has 0 aliphatic rings. The van der Waals surface area contributed by atoms with Crippen molar-refractivity contribution in [2.75, 3.05) is 0 Å². The van der Waals surface area contributed by atoms with E-state index in [2.05, 4.69) is 31.4 Å². The molecule has 1 N–H and O–H groups in total. The zero-order valence-electron chi connectivity index (χ0n) is 17.2. The van der Waals surface area contributed by atoms with Crippen molar-refractivity contribution in [1.82, 2.24) is 29.9 Å². The van der Waals surface area contributed by atoms with Crippen LogP contribution in [0.2, 0.25) is 5.02 Å². The molecule has 0 atom stereocenters. The van der Waals surface area contributed by atoms with Gasteiger partial charge in [0.15, 0.2) is 5.82 Å². The molecule has 0 fully saturated rings. The number of aromatic nitrogens is 6. The lowest BCUT2D eigenvalue weighted by Crippen LogP contribution is -2.02. The van der Waals surface area contributed by atoms with E-state index >= 15 is 0 Å². The normalized spacial score (nSPS) is 11.1. The van der Waals surface area contributed by atoms with Gasteiger partial charge >= 0.3 is 0 Å². The highest BCUT2D eigenvalue weighted by Crippen LogP contribution is 2.36.